The van der Waals surface area contributed by atoms with E-state index in [-0.39, 0.29) is 5.91 Å². The van der Waals surface area contributed by atoms with Crippen LogP contribution in [-0.2, 0) is 4.79 Å². The lowest BCUT2D eigenvalue weighted by molar-refractivity contribution is -0.129. The predicted octanol–water partition coefficient (Wildman–Crippen LogP) is 2.91. The number of carbonyl (C=O) groups excluding carboxylic acids is 1. The van der Waals surface area contributed by atoms with Crippen LogP contribution >= 0.6 is 11.8 Å². The van der Waals surface area contributed by atoms with E-state index in [1.165, 1.54) is 0 Å². The number of anilines is 1. The minimum absolute atomic E-state index is 0.0985. The van der Waals surface area contributed by atoms with Gasteiger partial charge >= 0.3 is 0 Å². The Labute approximate surface area is 99.6 Å². The lowest BCUT2D eigenvalue weighted by Gasteiger charge is -2.31. The summed E-state index contributed by atoms with van der Waals surface area (Å²) in [5, 5.41) is 2.87. The maximum Gasteiger partial charge on any atom is 0.268 e. The fraction of sp³-hybridized carbons (Fsp3) is 0.417. The molecule has 1 heterocycles. The first-order valence-electron chi connectivity index (χ1n) is 5.30. The minimum atomic E-state index is -0.785. The SMILES string of the molecule is CCSc1ccc2c(c1)NC(=O)C(C)(C)O2. The van der Waals surface area contributed by atoms with E-state index < -0.39 is 5.60 Å². The van der Waals surface area contributed by atoms with Crippen LogP contribution in [0.3, 0.4) is 0 Å². The number of thioether (sulfide) groups is 1. The van der Waals surface area contributed by atoms with Crippen molar-refractivity contribution >= 4 is 23.4 Å². The lowest BCUT2D eigenvalue weighted by Crippen LogP contribution is -2.45. The molecule has 0 aliphatic carbocycles. The van der Waals surface area contributed by atoms with Gasteiger partial charge in [0.25, 0.3) is 5.91 Å². The molecule has 0 spiro atoms. The molecule has 0 saturated carbocycles. The lowest BCUT2D eigenvalue weighted by atomic mass is 10.1. The van der Waals surface area contributed by atoms with Gasteiger partial charge in [-0.15, -0.1) is 11.8 Å². The highest BCUT2D eigenvalue weighted by atomic mass is 32.2. The zero-order valence-electron chi connectivity index (χ0n) is 9.66. The van der Waals surface area contributed by atoms with Gasteiger partial charge in [0, 0.05) is 4.90 Å². The summed E-state index contributed by atoms with van der Waals surface area (Å²) in [7, 11) is 0. The van der Waals surface area contributed by atoms with Gasteiger partial charge in [-0.25, -0.2) is 0 Å². The summed E-state index contributed by atoms with van der Waals surface area (Å²) in [5.74, 6) is 1.66. The predicted molar refractivity (Wildman–Crippen MR) is 66.2 cm³/mol. The fourth-order valence-electron chi connectivity index (χ4n) is 1.55. The third-order valence-corrected chi connectivity index (χ3v) is 3.30. The molecule has 1 amide bonds. The van der Waals surface area contributed by atoms with E-state index in [2.05, 4.69) is 12.2 Å². The summed E-state index contributed by atoms with van der Waals surface area (Å²) in [5.41, 5.74) is -0.0188. The largest absolute Gasteiger partial charge is 0.476 e. The number of fused-ring (bicyclic) bond motifs is 1. The molecule has 2 rings (SSSR count). The van der Waals surface area contributed by atoms with Crippen molar-refractivity contribution in [3.8, 4) is 5.75 Å². The quantitative estimate of drug-likeness (QED) is 0.804. The number of carbonyl (C=O) groups is 1. The van der Waals surface area contributed by atoms with Crippen LogP contribution in [0.25, 0.3) is 0 Å². The standard InChI is InChI=1S/C12H15NO2S/c1-4-16-8-5-6-10-9(7-8)13-11(14)12(2,3)15-10/h5-7H,4H2,1-3H3,(H,13,14). The van der Waals surface area contributed by atoms with Crippen LogP contribution < -0.4 is 10.1 Å². The summed E-state index contributed by atoms with van der Waals surface area (Å²) >= 11 is 1.74. The van der Waals surface area contributed by atoms with E-state index in [1.807, 2.05) is 18.2 Å². The first kappa shape index (κ1) is 11.3. The van der Waals surface area contributed by atoms with Crippen LogP contribution in [0.1, 0.15) is 20.8 Å². The second kappa shape index (κ2) is 4.01. The number of nitrogens with one attached hydrogen (secondary N) is 1. The summed E-state index contributed by atoms with van der Waals surface area (Å²) < 4.78 is 5.64. The van der Waals surface area contributed by atoms with Crippen molar-refractivity contribution in [1.29, 1.82) is 0 Å². The maximum absolute atomic E-state index is 11.7. The average Bonchev–Trinajstić information content (AvgIpc) is 2.20. The van der Waals surface area contributed by atoms with Gasteiger partial charge in [0.15, 0.2) is 5.60 Å². The Bertz CT molecular complexity index is 429. The van der Waals surface area contributed by atoms with E-state index in [0.29, 0.717) is 0 Å². The molecule has 0 fully saturated rings. The molecule has 4 heteroatoms. The number of benzene rings is 1. The molecule has 1 aliphatic heterocycles. The van der Waals surface area contributed by atoms with Gasteiger partial charge in [0.05, 0.1) is 5.69 Å². The van der Waals surface area contributed by atoms with Crippen molar-refractivity contribution in [2.45, 2.75) is 31.3 Å². The van der Waals surface area contributed by atoms with Crippen molar-refractivity contribution < 1.29 is 9.53 Å². The highest BCUT2D eigenvalue weighted by Crippen LogP contribution is 2.36. The Morgan fingerprint density at radius 2 is 2.19 bits per heavy atom. The minimum Gasteiger partial charge on any atom is -0.476 e. The van der Waals surface area contributed by atoms with Crippen LogP contribution in [0.2, 0.25) is 0 Å². The molecule has 86 valence electrons. The van der Waals surface area contributed by atoms with Gasteiger partial charge in [-0.05, 0) is 37.8 Å². The van der Waals surface area contributed by atoms with Gasteiger partial charge in [0.1, 0.15) is 5.75 Å². The highest BCUT2D eigenvalue weighted by Gasteiger charge is 2.35. The molecule has 1 aromatic rings. The van der Waals surface area contributed by atoms with Gasteiger partial charge in [-0.3, -0.25) is 4.79 Å². The van der Waals surface area contributed by atoms with E-state index in [0.717, 1.165) is 22.1 Å². The molecule has 0 saturated heterocycles. The summed E-state index contributed by atoms with van der Waals surface area (Å²) in [6.07, 6.45) is 0. The van der Waals surface area contributed by atoms with Crippen molar-refractivity contribution in [3.05, 3.63) is 18.2 Å². The van der Waals surface area contributed by atoms with Crippen LogP contribution in [-0.4, -0.2) is 17.3 Å². The van der Waals surface area contributed by atoms with Crippen LogP contribution in [0.15, 0.2) is 23.1 Å². The van der Waals surface area contributed by atoms with Crippen LogP contribution in [0.4, 0.5) is 5.69 Å². The maximum atomic E-state index is 11.7. The number of rotatable bonds is 2. The Morgan fingerprint density at radius 1 is 1.44 bits per heavy atom. The van der Waals surface area contributed by atoms with Gasteiger partial charge in [-0.1, -0.05) is 6.92 Å². The summed E-state index contributed by atoms with van der Waals surface area (Å²) in [6.45, 7) is 5.63. The van der Waals surface area contributed by atoms with E-state index in [4.69, 9.17) is 4.74 Å². The van der Waals surface area contributed by atoms with Crippen molar-refractivity contribution in [3.63, 3.8) is 0 Å². The number of hydrogen-bond donors (Lipinski definition) is 1. The molecule has 1 aromatic carbocycles. The van der Waals surface area contributed by atoms with Crippen molar-refractivity contribution in [2.24, 2.45) is 0 Å². The summed E-state index contributed by atoms with van der Waals surface area (Å²) in [4.78, 5) is 12.8. The molecule has 1 aliphatic rings. The average molecular weight is 237 g/mol. The molecule has 16 heavy (non-hydrogen) atoms. The van der Waals surface area contributed by atoms with Gasteiger partial charge < -0.3 is 10.1 Å². The van der Waals surface area contributed by atoms with E-state index in [9.17, 15) is 4.79 Å². The van der Waals surface area contributed by atoms with E-state index >= 15 is 0 Å². The molecule has 0 aromatic heterocycles. The second-order valence-corrected chi connectivity index (χ2v) is 5.49. The molecule has 0 radical (unpaired) electrons. The third-order valence-electron chi connectivity index (χ3n) is 2.42. The van der Waals surface area contributed by atoms with Crippen LogP contribution in [0, 0.1) is 0 Å². The normalized spacial score (nSPS) is 17.3. The zero-order valence-corrected chi connectivity index (χ0v) is 10.5. The molecule has 0 bridgehead atoms. The molecular weight excluding hydrogens is 222 g/mol. The molecular formula is C12H15NO2S. The van der Waals surface area contributed by atoms with Gasteiger partial charge in [0.2, 0.25) is 0 Å². The molecule has 3 nitrogen and oxygen atoms in total. The van der Waals surface area contributed by atoms with Crippen molar-refractivity contribution in [1.82, 2.24) is 0 Å². The fourth-order valence-corrected chi connectivity index (χ4v) is 2.25. The Morgan fingerprint density at radius 3 is 2.88 bits per heavy atom. The first-order valence-corrected chi connectivity index (χ1v) is 6.29. The number of hydrogen-bond acceptors (Lipinski definition) is 3. The topological polar surface area (TPSA) is 38.3 Å². The number of ether oxygens (including phenoxy) is 1. The Balaban J connectivity index is 2.33. The third kappa shape index (κ3) is 2.02. The molecule has 0 unspecified atom stereocenters. The second-order valence-electron chi connectivity index (χ2n) is 4.16. The monoisotopic (exact) mass is 237 g/mol. The van der Waals surface area contributed by atoms with Gasteiger partial charge in [-0.2, -0.15) is 0 Å². The highest BCUT2D eigenvalue weighted by molar-refractivity contribution is 7.99. The Hall–Kier alpha value is -1.16. The summed E-state index contributed by atoms with van der Waals surface area (Å²) in [6, 6.07) is 5.88. The smallest absolute Gasteiger partial charge is 0.268 e. The van der Waals surface area contributed by atoms with Crippen LogP contribution in [0.5, 0.6) is 5.75 Å². The van der Waals surface area contributed by atoms with E-state index in [1.54, 1.807) is 25.6 Å². The first-order chi connectivity index (χ1) is 7.53. The number of amides is 1. The zero-order chi connectivity index (χ0) is 11.8. The molecule has 1 N–H and O–H groups in total. The van der Waals surface area contributed by atoms with Crippen molar-refractivity contribution in [2.75, 3.05) is 11.1 Å². The Kier molecular flexibility index (Phi) is 2.84. The molecule has 0 atom stereocenters.